The molecule has 0 bridgehead atoms. The molecule has 1 aromatic rings. The summed E-state index contributed by atoms with van der Waals surface area (Å²) in [6, 6.07) is 8.58. The van der Waals surface area contributed by atoms with Gasteiger partial charge in [-0.3, -0.25) is 9.79 Å². The number of rotatable bonds is 9. The molecule has 7 heteroatoms. The van der Waals surface area contributed by atoms with Crippen LogP contribution in [0.25, 0.3) is 0 Å². The first-order valence-electron chi connectivity index (χ1n) is 8.95. The molecule has 0 spiro atoms. The summed E-state index contributed by atoms with van der Waals surface area (Å²) >= 11 is 1.74. The molecule has 26 heavy (non-hydrogen) atoms. The van der Waals surface area contributed by atoms with Crippen LogP contribution in [-0.2, 0) is 11.3 Å². The maximum absolute atomic E-state index is 12.1. The van der Waals surface area contributed by atoms with Gasteiger partial charge < -0.3 is 15.1 Å². The predicted octanol–water partition coefficient (Wildman–Crippen LogP) is 3.68. The third-order valence-electron chi connectivity index (χ3n) is 3.98. The number of hydrogen-bond acceptors (Lipinski definition) is 3. The Bertz CT molecular complexity index is 547. The number of halogens is 1. The number of nitrogens with zero attached hydrogens (tertiary/aromatic N) is 3. The van der Waals surface area contributed by atoms with Gasteiger partial charge in [0.2, 0.25) is 5.91 Å². The maximum atomic E-state index is 12.1. The predicted molar refractivity (Wildman–Crippen MR) is 124 cm³/mol. The standard InChI is InChI=1S/C19H32N4OS.HI/c1-6-20-19(21-14-13-18(24)23(7-2)8-3)22(4)15-16-9-11-17(25-5)12-10-16;/h9-12H,6-8,13-15H2,1-5H3,(H,20,21);1H. The van der Waals surface area contributed by atoms with Crippen LogP contribution < -0.4 is 5.32 Å². The van der Waals surface area contributed by atoms with Gasteiger partial charge in [-0.1, -0.05) is 12.1 Å². The molecule has 0 heterocycles. The molecular weight excluding hydrogens is 459 g/mol. The van der Waals surface area contributed by atoms with Crippen molar-refractivity contribution < 1.29 is 4.79 Å². The molecule has 0 atom stereocenters. The summed E-state index contributed by atoms with van der Waals surface area (Å²) in [5.74, 6) is 1.00. The van der Waals surface area contributed by atoms with Crippen molar-refractivity contribution in [3.8, 4) is 0 Å². The number of thioether (sulfide) groups is 1. The highest BCUT2D eigenvalue weighted by atomic mass is 127. The fraction of sp³-hybridized carbons (Fsp3) is 0.579. The van der Waals surface area contributed by atoms with Gasteiger partial charge in [-0.05, 0) is 44.7 Å². The molecule has 0 aromatic heterocycles. The first-order chi connectivity index (χ1) is 12.0. The van der Waals surface area contributed by atoms with E-state index in [1.165, 1.54) is 10.5 Å². The lowest BCUT2D eigenvalue weighted by Crippen LogP contribution is -2.39. The molecule has 1 amide bonds. The number of amides is 1. The fourth-order valence-corrected chi connectivity index (χ4v) is 2.95. The van der Waals surface area contributed by atoms with Crippen LogP contribution in [0.15, 0.2) is 34.2 Å². The Labute approximate surface area is 180 Å². The number of carbonyl (C=O) groups excluding carboxylic acids is 1. The number of benzene rings is 1. The van der Waals surface area contributed by atoms with Crippen molar-refractivity contribution in [2.75, 3.05) is 39.5 Å². The van der Waals surface area contributed by atoms with E-state index in [1.807, 2.05) is 25.8 Å². The topological polar surface area (TPSA) is 47.9 Å². The molecule has 0 fully saturated rings. The van der Waals surface area contributed by atoms with Crippen LogP contribution in [0.3, 0.4) is 0 Å². The van der Waals surface area contributed by atoms with Crippen molar-refractivity contribution in [3.05, 3.63) is 29.8 Å². The van der Waals surface area contributed by atoms with Crippen molar-refractivity contribution in [2.24, 2.45) is 4.99 Å². The third-order valence-corrected chi connectivity index (χ3v) is 4.72. The summed E-state index contributed by atoms with van der Waals surface area (Å²) in [7, 11) is 2.02. The molecule has 0 saturated heterocycles. The van der Waals surface area contributed by atoms with Gasteiger partial charge in [0.05, 0.1) is 6.54 Å². The molecule has 0 unspecified atom stereocenters. The van der Waals surface area contributed by atoms with Crippen molar-refractivity contribution in [1.82, 2.24) is 15.1 Å². The zero-order chi connectivity index (χ0) is 18.7. The molecule has 1 N–H and O–H groups in total. The van der Waals surface area contributed by atoms with Crippen LogP contribution in [0.2, 0.25) is 0 Å². The van der Waals surface area contributed by atoms with Crippen LogP contribution in [0.4, 0.5) is 0 Å². The first kappa shape index (κ1) is 25.0. The number of nitrogens with one attached hydrogen (secondary N) is 1. The van der Waals surface area contributed by atoms with E-state index in [9.17, 15) is 4.79 Å². The van der Waals surface area contributed by atoms with Gasteiger partial charge in [0, 0.05) is 44.5 Å². The smallest absolute Gasteiger partial charge is 0.224 e. The second kappa shape index (κ2) is 14.1. The second-order valence-electron chi connectivity index (χ2n) is 5.76. The highest BCUT2D eigenvalue weighted by molar-refractivity contribution is 14.0. The van der Waals surface area contributed by atoms with E-state index in [-0.39, 0.29) is 29.9 Å². The molecule has 0 saturated carbocycles. The van der Waals surface area contributed by atoms with Crippen molar-refractivity contribution in [1.29, 1.82) is 0 Å². The molecule has 0 radical (unpaired) electrons. The lowest BCUT2D eigenvalue weighted by atomic mass is 10.2. The van der Waals surface area contributed by atoms with Gasteiger partial charge in [0.25, 0.3) is 0 Å². The van der Waals surface area contributed by atoms with Gasteiger partial charge in [0.15, 0.2) is 5.96 Å². The van der Waals surface area contributed by atoms with Crippen LogP contribution >= 0.6 is 35.7 Å². The van der Waals surface area contributed by atoms with Crippen LogP contribution in [0.1, 0.15) is 32.8 Å². The van der Waals surface area contributed by atoms with Gasteiger partial charge in [-0.25, -0.2) is 0 Å². The molecule has 1 rings (SSSR count). The van der Waals surface area contributed by atoms with Crippen molar-refractivity contribution >= 4 is 47.6 Å². The van der Waals surface area contributed by atoms with E-state index in [4.69, 9.17) is 0 Å². The van der Waals surface area contributed by atoms with Gasteiger partial charge in [-0.15, -0.1) is 35.7 Å². The average Bonchev–Trinajstić information content (AvgIpc) is 2.62. The Kier molecular flexibility index (Phi) is 13.6. The zero-order valence-electron chi connectivity index (χ0n) is 16.6. The van der Waals surface area contributed by atoms with E-state index in [0.717, 1.165) is 32.1 Å². The molecule has 0 aliphatic carbocycles. The number of hydrogen-bond donors (Lipinski definition) is 1. The Morgan fingerprint density at radius 2 is 1.77 bits per heavy atom. The number of aliphatic imine (C=N–C) groups is 1. The highest BCUT2D eigenvalue weighted by Crippen LogP contribution is 2.15. The van der Waals surface area contributed by atoms with Gasteiger partial charge >= 0.3 is 0 Å². The summed E-state index contributed by atoms with van der Waals surface area (Å²) in [5, 5.41) is 3.30. The molecule has 5 nitrogen and oxygen atoms in total. The maximum Gasteiger partial charge on any atom is 0.224 e. The molecule has 1 aromatic carbocycles. The van der Waals surface area contributed by atoms with Crippen LogP contribution in [0.5, 0.6) is 0 Å². The van der Waals surface area contributed by atoms with E-state index in [0.29, 0.717) is 13.0 Å². The monoisotopic (exact) mass is 492 g/mol. The Morgan fingerprint density at radius 3 is 2.27 bits per heavy atom. The minimum absolute atomic E-state index is 0. The van der Waals surface area contributed by atoms with Gasteiger partial charge in [0.1, 0.15) is 0 Å². The van der Waals surface area contributed by atoms with E-state index in [2.05, 4.69) is 52.7 Å². The molecule has 0 aliphatic rings. The quantitative estimate of drug-likeness (QED) is 0.247. The zero-order valence-corrected chi connectivity index (χ0v) is 19.8. The normalized spacial score (nSPS) is 10.9. The van der Waals surface area contributed by atoms with E-state index in [1.54, 1.807) is 11.8 Å². The number of carbonyl (C=O) groups is 1. The van der Waals surface area contributed by atoms with E-state index >= 15 is 0 Å². The minimum Gasteiger partial charge on any atom is -0.357 e. The lowest BCUT2D eigenvalue weighted by molar-refractivity contribution is -0.130. The molecule has 0 aliphatic heterocycles. The first-order valence-corrected chi connectivity index (χ1v) is 10.2. The van der Waals surface area contributed by atoms with Crippen LogP contribution in [-0.4, -0.2) is 61.1 Å². The Morgan fingerprint density at radius 1 is 1.15 bits per heavy atom. The Balaban J connectivity index is 0.00000625. The summed E-state index contributed by atoms with van der Waals surface area (Å²) in [6.45, 7) is 9.67. The summed E-state index contributed by atoms with van der Waals surface area (Å²) in [5.41, 5.74) is 1.24. The third kappa shape index (κ3) is 8.62. The summed E-state index contributed by atoms with van der Waals surface area (Å²) in [6.07, 6.45) is 2.53. The SMILES string of the molecule is CCNC(=NCCC(=O)N(CC)CC)N(C)Cc1ccc(SC)cc1.I. The molecule has 148 valence electrons. The minimum atomic E-state index is 0. The van der Waals surface area contributed by atoms with Crippen molar-refractivity contribution in [3.63, 3.8) is 0 Å². The van der Waals surface area contributed by atoms with Crippen molar-refractivity contribution in [2.45, 2.75) is 38.6 Å². The summed E-state index contributed by atoms with van der Waals surface area (Å²) < 4.78 is 0. The summed E-state index contributed by atoms with van der Waals surface area (Å²) in [4.78, 5) is 21.9. The highest BCUT2D eigenvalue weighted by Gasteiger charge is 2.10. The molecular formula is C19H33IN4OS. The fourth-order valence-electron chi connectivity index (χ4n) is 2.54. The van der Waals surface area contributed by atoms with Gasteiger partial charge in [-0.2, -0.15) is 0 Å². The number of guanidine groups is 1. The average molecular weight is 492 g/mol. The largest absolute Gasteiger partial charge is 0.357 e. The lowest BCUT2D eigenvalue weighted by Gasteiger charge is -2.22. The Hall–Kier alpha value is -0.960. The van der Waals surface area contributed by atoms with Crippen LogP contribution in [0, 0.1) is 0 Å². The second-order valence-corrected chi connectivity index (χ2v) is 6.64. The van der Waals surface area contributed by atoms with E-state index < -0.39 is 0 Å².